The van der Waals surface area contributed by atoms with E-state index in [1.165, 1.54) is 11.0 Å². The van der Waals surface area contributed by atoms with E-state index in [0.29, 0.717) is 48.2 Å². The fourth-order valence-corrected chi connectivity index (χ4v) is 5.70. The quantitative estimate of drug-likeness (QED) is 0.606. The monoisotopic (exact) mass is 461 g/mol. The van der Waals surface area contributed by atoms with Crippen molar-refractivity contribution in [2.24, 2.45) is 0 Å². The molecule has 1 fully saturated rings. The van der Waals surface area contributed by atoms with Gasteiger partial charge in [-0.25, -0.2) is 13.2 Å². The number of nitrogens with one attached hydrogen (secondary N) is 1. The number of fused-ring (bicyclic) bond motifs is 1. The van der Waals surface area contributed by atoms with Gasteiger partial charge < -0.3 is 9.32 Å². The molecule has 0 bridgehead atoms. The third kappa shape index (κ3) is 4.41. The SMILES string of the molecule is Cc1ccc(S(=O)(=O)N2CC[NH+](Cc3cc(=O)oc4cc(C)c(Cl)cc34)CC2)cc1C. The summed E-state index contributed by atoms with van der Waals surface area (Å²) in [4.78, 5) is 13.6. The van der Waals surface area contributed by atoms with E-state index in [9.17, 15) is 13.2 Å². The van der Waals surface area contributed by atoms with Crippen LogP contribution >= 0.6 is 11.6 Å². The van der Waals surface area contributed by atoms with Crippen LogP contribution in [0.4, 0.5) is 0 Å². The summed E-state index contributed by atoms with van der Waals surface area (Å²) in [7, 11) is -3.51. The van der Waals surface area contributed by atoms with Gasteiger partial charge in [0.2, 0.25) is 10.0 Å². The fourth-order valence-electron chi connectivity index (χ4n) is 4.01. The molecule has 2 aromatic carbocycles. The number of piperazine rings is 1. The number of rotatable bonds is 4. The van der Waals surface area contributed by atoms with Gasteiger partial charge in [-0.1, -0.05) is 17.7 Å². The lowest BCUT2D eigenvalue weighted by molar-refractivity contribution is -0.917. The highest BCUT2D eigenvalue weighted by Gasteiger charge is 2.31. The topological polar surface area (TPSA) is 72.0 Å². The number of aryl methyl sites for hydroxylation is 3. The number of hydrogen-bond acceptors (Lipinski definition) is 4. The first-order valence-corrected chi connectivity index (χ1v) is 12.1. The Labute approximate surface area is 187 Å². The van der Waals surface area contributed by atoms with E-state index in [4.69, 9.17) is 16.0 Å². The third-order valence-electron chi connectivity index (χ3n) is 6.10. The van der Waals surface area contributed by atoms with Crippen molar-refractivity contribution in [1.82, 2.24) is 4.31 Å². The van der Waals surface area contributed by atoms with E-state index in [1.54, 1.807) is 22.5 Å². The summed E-state index contributed by atoms with van der Waals surface area (Å²) in [5.41, 5.74) is 3.90. The van der Waals surface area contributed by atoms with Crippen LogP contribution in [0.3, 0.4) is 0 Å². The van der Waals surface area contributed by atoms with E-state index in [2.05, 4.69) is 0 Å². The first-order chi connectivity index (χ1) is 14.6. The standard InChI is InChI=1S/C23H25ClN2O4S/c1-15-4-5-19(10-16(15)2)31(28,29)26-8-6-25(7-9-26)14-18-12-23(27)30-22-11-17(3)21(24)13-20(18)22/h4-5,10-13H,6-9,14H2,1-3H3/p+1. The Hall–Kier alpha value is -2.19. The second-order valence-electron chi connectivity index (χ2n) is 8.27. The minimum atomic E-state index is -3.51. The molecule has 1 aromatic heterocycles. The summed E-state index contributed by atoms with van der Waals surface area (Å²) < 4.78 is 33.0. The van der Waals surface area contributed by atoms with Crippen LogP contribution < -0.4 is 10.5 Å². The van der Waals surface area contributed by atoms with Crippen molar-refractivity contribution in [3.63, 3.8) is 0 Å². The van der Waals surface area contributed by atoms with Gasteiger partial charge in [0.05, 0.1) is 31.1 Å². The summed E-state index contributed by atoms with van der Waals surface area (Å²) in [6, 6.07) is 10.4. The molecule has 8 heteroatoms. The maximum absolute atomic E-state index is 13.1. The Morgan fingerprint density at radius 2 is 1.71 bits per heavy atom. The molecular weight excluding hydrogens is 436 g/mol. The van der Waals surface area contributed by atoms with E-state index in [1.807, 2.05) is 32.9 Å². The van der Waals surface area contributed by atoms with E-state index >= 15 is 0 Å². The Morgan fingerprint density at radius 3 is 2.39 bits per heavy atom. The lowest BCUT2D eigenvalue weighted by atomic mass is 10.1. The third-order valence-corrected chi connectivity index (χ3v) is 8.40. The van der Waals surface area contributed by atoms with Crippen LogP contribution in [0.5, 0.6) is 0 Å². The van der Waals surface area contributed by atoms with Crippen molar-refractivity contribution in [2.45, 2.75) is 32.2 Å². The van der Waals surface area contributed by atoms with E-state index in [0.717, 1.165) is 27.6 Å². The zero-order chi connectivity index (χ0) is 22.3. The largest absolute Gasteiger partial charge is 0.423 e. The molecule has 4 rings (SSSR count). The summed E-state index contributed by atoms with van der Waals surface area (Å²) in [6.07, 6.45) is 0. The number of nitrogens with zero attached hydrogens (tertiary/aromatic N) is 1. The van der Waals surface area contributed by atoms with Gasteiger partial charge in [0.15, 0.2) is 0 Å². The molecule has 164 valence electrons. The zero-order valence-electron chi connectivity index (χ0n) is 17.9. The molecule has 1 aliphatic rings. The van der Waals surface area contributed by atoms with Crippen LogP contribution in [0.15, 0.2) is 50.5 Å². The lowest BCUT2D eigenvalue weighted by Crippen LogP contribution is -3.13. The summed E-state index contributed by atoms with van der Waals surface area (Å²) in [6.45, 7) is 8.56. The van der Waals surface area contributed by atoms with Crippen molar-refractivity contribution >= 4 is 32.6 Å². The molecule has 1 aliphatic heterocycles. The van der Waals surface area contributed by atoms with Crippen molar-refractivity contribution in [3.05, 3.63) is 74.1 Å². The summed E-state index contributed by atoms with van der Waals surface area (Å²) in [5, 5.41) is 1.45. The molecule has 0 saturated carbocycles. The second kappa shape index (κ2) is 8.39. The molecule has 31 heavy (non-hydrogen) atoms. The summed E-state index contributed by atoms with van der Waals surface area (Å²) in [5.74, 6) is 0. The van der Waals surface area contributed by atoms with E-state index < -0.39 is 10.0 Å². The van der Waals surface area contributed by atoms with Crippen LogP contribution in [0.25, 0.3) is 11.0 Å². The normalized spacial score (nSPS) is 16.1. The van der Waals surface area contributed by atoms with Gasteiger partial charge >= 0.3 is 5.63 Å². The van der Waals surface area contributed by atoms with Crippen molar-refractivity contribution in [1.29, 1.82) is 0 Å². The molecule has 1 saturated heterocycles. The molecule has 2 heterocycles. The molecule has 3 aromatic rings. The first kappa shape index (κ1) is 22.0. The Balaban J connectivity index is 1.51. The molecular formula is C23H26ClN2O4S+. The number of halogens is 1. The average Bonchev–Trinajstić information content (AvgIpc) is 2.72. The minimum Gasteiger partial charge on any atom is -0.423 e. The lowest BCUT2D eigenvalue weighted by Gasteiger charge is -2.31. The number of hydrogen-bond donors (Lipinski definition) is 1. The van der Waals surface area contributed by atoms with Crippen LogP contribution in [-0.2, 0) is 16.6 Å². The molecule has 0 radical (unpaired) electrons. The highest BCUT2D eigenvalue weighted by atomic mass is 35.5. The van der Waals surface area contributed by atoms with E-state index in [-0.39, 0.29) is 5.63 Å². The highest BCUT2D eigenvalue weighted by molar-refractivity contribution is 7.89. The van der Waals surface area contributed by atoms with Crippen LogP contribution in [-0.4, -0.2) is 38.9 Å². The predicted molar refractivity (Wildman–Crippen MR) is 121 cm³/mol. The predicted octanol–water partition coefficient (Wildman–Crippen LogP) is 2.46. The molecule has 0 amide bonds. The smallest absolute Gasteiger partial charge is 0.336 e. The van der Waals surface area contributed by atoms with Gasteiger partial charge in [0.1, 0.15) is 12.1 Å². The van der Waals surface area contributed by atoms with Crippen molar-refractivity contribution in [3.8, 4) is 0 Å². The van der Waals surface area contributed by atoms with Crippen LogP contribution in [0.1, 0.15) is 22.3 Å². The van der Waals surface area contributed by atoms with Gasteiger partial charge in [-0.2, -0.15) is 4.31 Å². The second-order valence-corrected chi connectivity index (χ2v) is 10.6. The number of sulfonamides is 1. The number of benzene rings is 2. The fraction of sp³-hybridized carbons (Fsp3) is 0.348. The molecule has 0 atom stereocenters. The van der Waals surface area contributed by atoms with Crippen molar-refractivity contribution in [2.75, 3.05) is 26.2 Å². The summed E-state index contributed by atoms with van der Waals surface area (Å²) >= 11 is 6.29. The molecule has 0 unspecified atom stereocenters. The molecule has 0 aliphatic carbocycles. The molecule has 6 nitrogen and oxygen atoms in total. The maximum Gasteiger partial charge on any atom is 0.336 e. The maximum atomic E-state index is 13.1. The van der Waals surface area contributed by atoms with Gasteiger partial charge in [-0.05, 0) is 61.7 Å². The van der Waals surface area contributed by atoms with Gasteiger partial charge in [0.25, 0.3) is 0 Å². The van der Waals surface area contributed by atoms with Gasteiger partial charge in [-0.15, -0.1) is 0 Å². The molecule has 0 spiro atoms. The van der Waals surface area contributed by atoms with Crippen molar-refractivity contribution < 1.29 is 17.7 Å². The average molecular weight is 462 g/mol. The minimum absolute atomic E-state index is 0.343. The Kier molecular flexibility index (Phi) is 5.96. The Morgan fingerprint density at radius 1 is 1.00 bits per heavy atom. The zero-order valence-corrected chi connectivity index (χ0v) is 19.4. The number of quaternary nitrogens is 1. The van der Waals surface area contributed by atoms with Gasteiger partial charge in [0, 0.05) is 22.0 Å². The molecule has 1 N–H and O–H groups in total. The first-order valence-electron chi connectivity index (χ1n) is 10.3. The Bertz CT molecular complexity index is 1310. The highest BCUT2D eigenvalue weighted by Crippen LogP contribution is 2.25. The van der Waals surface area contributed by atoms with Crippen LogP contribution in [0.2, 0.25) is 5.02 Å². The van der Waals surface area contributed by atoms with Crippen LogP contribution in [0, 0.1) is 20.8 Å². The van der Waals surface area contributed by atoms with Gasteiger partial charge in [-0.3, -0.25) is 0 Å².